The maximum Gasteiger partial charge on any atom is 0.282 e. The molecule has 0 unspecified atom stereocenters. The summed E-state index contributed by atoms with van der Waals surface area (Å²) in [5.74, 6) is -3.34. The number of nitrogens with one attached hydrogen (secondary N) is 1. The maximum absolute atomic E-state index is 13.3. The average Bonchev–Trinajstić information content (AvgIpc) is 2.34. The van der Waals surface area contributed by atoms with Gasteiger partial charge in [0.1, 0.15) is 17.3 Å². The summed E-state index contributed by atoms with van der Waals surface area (Å²) in [7, 11) is -4.51. The Morgan fingerprint density at radius 1 is 0.947 bits per heavy atom. The molecule has 8 heteroatoms. The molecule has 0 spiro atoms. The molecule has 0 atom stereocenters. The predicted molar refractivity (Wildman–Crippen MR) is 61.4 cm³/mol. The van der Waals surface area contributed by atoms with Crippen LogP contribution < -0.4 is 4.72 Å². The molecule has 0 amide bonds. The van der Waals surface area contributed by atoms with Crippen molar-refractivity contribution >= 4 is 15.7 Å². The molecule has 0 aliphatic carbocycles. The quantitative estimate of drug-likeness (QED) is 0.942. The predicted octanol–water partition coefficient (Wildman–Crippen LogP) is 2.30. The number of hydrogen-bond acceptors (Lipinski definition) is 3. The number of nitrogens with zero attached hydrogens (tertiary/aromatic N) is 1. The largest absolute Gasteiger partial charge is 0.282 e. The van der Waals surface area contributed by atoms with Crippen molar-refractivity contribution in [3.05, 3.63) is 54.0 Å². The number of benzene rings is 1. The first-order valence-electron chi connectivity index (χ1n) is 4.99. The van der Waals surface area contributed by atoms with Gasteiger partial charge in [-0.1, -0.05) is 6.07 Å². The first-order valence-corrected chi connectivity index (χ1v) is 6.47. The van der Waals surface area contributed by atoms with Crippen LogP contribution >= 0.6 is 0 Å². The van der Waals surface area contributed by atoms with Crippen LogP contribution in [0.1, 0.15) is 0 Å². The number of rotatable bonds is 3. The molecule has 0 bridgehead atoms. The van der Waals surface area contributed by atoms with Crippen molar-refractivity contribution in [3.8, 4) is 0 Å². The number of halogens is 3. The highest BCUT2D eigenvalue weighted by Crippen LogP contribution is 2.22. The van der Waals surface area contributed by atoms with Gasteiger partial charge >= 0.3 is 0 Å². The number of sulfonamides is 1. The highest BCUT2D eigenvalue weighted by atomic mass is 32.2. The first-order chi connectivity index (χ1) is 8.92. The molecule has 1 heterocycles. The van der Waals surface area contributed by atoms with Gasteiger partial charge in [-0.25, -0.2) is 18.2 Å². The van der Waals surface area contributed by atoms with Gasteiger partial charge in [0.05, 0.1) is 0 Å². The van der Waals surface area contributed by atoms with Gasteiger partial charge in [0.15, 0.2) is 5.82 Å². The molecule has 2 aromatic rings. The van der Waals surface area contributed by atoms with Gasteiger partial charge in [0, 0.05) is 6.20 Å². The fourth-order valence-corrected chi connectivity index (χ4v) is 2.43. The SMILES string of the molecule is O=S(=O)(Nc1c(F)cccc1F)c1ncccc1F. The van der Waals surface area contributed by atoms with Crippen molar-refractivity contribution in [3.63, 3.8) is 0 Å². The summed E-state index contributed by atoms with van der Waals surface area (Å²) in [5, 5.41) is -0.933. The Morgan fingerprint density at radius 3 is 2.11 bits per heavy atom. The lowest BCUT2D eigenvalue weighted by Gasteiger charge is -2.09. The minimum atomic E-state index is -4.51. The number of pyridine rings is 1. The van der Waals surface area contributed by atoms with Gasteiger partial charge in [-0.05, 0) is 24.3 Å². The summed E-state index contributed by atoms with van der Waals surface area (Å²) >= 11 is 0. The second-order valence-corrected chi connectivity index (χ2v) is 5.09. The number of aromatic nitrogens is 1. The third-order valence-electron chi connectivity index (χ3n) is 2.18. The summed E-state index contributed by atoms with van der Waals surface area (Å²) in [6.45, 7) is 0. The molecular weight excluding hydrogens is 281 g/mol. The van der Waals surface area contributed by atoms with Crippen molar-refractivity contribution in [2.24, 2.45) is 0 Å². The van der Waals surface area contributed by atoms with Gasteiger partial charge in [-0.3, -0.25) is 4.72 Å². The molecule has 2 rings (SSSR count). The minimum Gasteiger partial charge on any atom is -0.272 e. The summed E-state index contributed by atoms with van der Waals surface area (Å²) in [4.78, 5) is 3.34. The van der Waals surface area contributed by atoms with Crippen molar-refractivity contribution < 1.29 is 21.6 Å². The Bertz CT molecular complexity index is 699. The fourth-order valence-electron chi connectivity index (χ4n) is 1.35. The monoisotopic (exact) mass is 288 g/mol. The molecule has 0 aliphatic heterocycles. The third kappa shape index (κ3) is 2.68. The van der Waals surface area contributed by atoms with E-state index in [0.717, 1.165) is 30.5 Å². The van der Waals surface area contributed by atoms with E-state index in [0.29, 0.717) is 0 Å². The van der Waals surface area contributed by atoms with Crippen molar-refractivity contribution in [1.82, 2.24) is 4.98 Å². The van der Waals surface area contributed by atoms with E-state index in [9.17, 15) is 21.6 Å². The fraction of sp³-hybridized carbons (Fsp3) is 0. The molecule has 0 radical (unpaired) electrons. The van der Waals surface area contributed by atoms with Crippen LogP contribution in [0.5, 0.6) is 0 Å². The van der Waals surface area contributed by atoms with E-state index in [4.69, 9.17) is 0 Å². The van der Waals surface area contributed by atoms with E-state index in [1.54, 1.807) is 4.72 Å². The Labute approximate surface area is 107 Å². The molecule has 0 saturated heterocycles. The molecule has 100 valence electrons. The van der Waals surface area contributed by atoms with Crippen LogP contribution in [0.25, 0.3) is 0 Å². The normalized spacial score (nSPS) is 11.3. The molecule has 1 aromatic carbocycles. The Morgan fingerprint density at radius 2 is 1.53 bits per heavy atom. The lowest BCUT2D eigenvalue weighted by Crippen LogP contribution is -2.17. The van der Waals surface area contributed by atoms with Gasteiger partial charge in [0.25, 0.3) is 10.0 Å². The summed E-state index contributed by atoms with van der Waals surface area (Å²) < 4.78 is 65.1. The lowest BCUT2D eigenvalue weighted by atomic mass is 10.3. The molecule has 1 aromatic heterocycles. The average molecular weight is 288 g/mol. The smallest absolute Gasteiger partial charge is 0.272 e. The highest BCUT2D eigenvalue weighted by molar-refractivity contribution is 7.92. The van der Waals surface area contributed by atoms with Gasteiger partial charge in [-0.15, -0.1) is 0 Å². The first kappa shape index (κ1) is 13.3. The molecule has 1 N–H and O–H groups in total. The maximum atomic E-state index is 13.3. The van der Waals surface area contributed by atoms with Crippen LogP contribution in [0, 0.1) is 17.5 Å². The summed E-state index contributed by atoms with van der Waals surface area (Å²) in [6, 6.07) is 4.88. The van der Waals surface area contributed by atoms with E-state index in [1.807, 2.05) is 0 Å². The minimum absolute atomic E-state index is 0.871. The Balaban J connectivity index is 2.46. The molecular formula is C11H7F3N2O2S. The Kier molecular flexibility index (Phi) is 3.43. The molecule has 4 nitrogen and oxygen atoms in total. The van der Waals surface area contributed by atoms with Gasteiger partial charge in [0.2, 0.25) is 5.03 Å². The van der Waals surface area contributed by atoms with E-state index >= 15 is 0 Å². The topological polar surface area (TPSA) is 59.1 Å². The van der Waals surface area contributed by atoms with Crippen LogP contribution in [0.2, 0.25) is 0 Å². The zero-order valence-corrected chi connectivity index (χ0v) is 10.1. The van der Waals surface area contributed by atoms with Gasteiger partial charge < -0.3 is 0 Å². The molecule has 0 fully saturated rings. The van der Waals surface area contributed by atoms with Crippen molar-refractivity contribution in [2.45, 2.75) is 5.03 Å². The number of hydrogen-bond donors (Lipinski definition) is 1. The Hall–Kier alpha value is -2.09. The lowest BCUT2D eigenvalue weighted by molar-refractivity contribution is 0.554. The van der Waals surface area contributed by atoms with E-state index in [1.165, 1.54) is 6.07 Å². The van der Waals surface area contributed by atoms with E-state index in [2.05, 4.69) is 4.98 Å². The number of para-hydroxylation sites is 1. The van der Waals surface area contributed by atoms with Crippen LogP contribution in [0.15, 0.2) is 41.6 Å². The molecule has 0 aliphatic rings. The van der Waals surface area contributed by atoms with Crippen molar-refractivity contribution in [2.75, 3.05) is 4.72 Å². The van der Waals surface area contributed by atoms with Crippen LogP contribution in [-0.4, -0.2) is 13.4 Å². The highest BCUT2D eigenvalue weighted by Gasteiger charge is 2.23. The zero-order valence-electron chi connectivity index (χ0n) is 9.27. The van der Waals surface area contributed by atoms with Crippen molar-refractivity contribution in [1.29, 1.82) is 0 Å². The molecule has 0 saturated carbocycles. The zero-order chi connectivity index (χ0) is 14.0. The summed E-state index contributed by atoms with van der Waals surface area (Å²) in [5.41, 5.74) is -0.882. The van der Waals surface area contributed by atoms with E-state index < -0.39 is 38.2 Å². The van der Waals surface area contributed by atoms with Crippen LogP contribution in [0.3, 0.4) is 0 Å². The number of anilines is 1. The summed E-state index contributed by atoms with van der Waals surface area (Å²) in [6.07, 6.45) is 1.05. The second kappa shape index (κ2) is 4.88. The second-order valence-electron chi connectivity index (χ2n) is 3.49. The van der Waals surface area contributed by atoms with Crippen LogP contribution in [0.4, 0.5) is 18.9 Å². The molecule has 19 heavy (non-hydrogen) atoms. The van der Waals surface area contributed by atoms with Gasteiger partial charge in [-0.2, -0.15) is 8.42 Å². The standard InChI is InChI=1S/C11H7F3N2O2S/c12-7-3-1-4-8(13)10(7)16-19(17,18)11-9(14)5-2-6-15-11/h1-6,16H. The van der Waals surface area contributed by atoms with Crippen LogP contribution in [-0.2, 0) is 10.0 Å². The third-order valence-corrected chi connectivity index (χ3v) is 3.46. The van der Waals surface area contributed by atoms with E-state index in [-0.39, 0.29) is 0 Å².